The van der Waals surface area contributed by atoms with E-state index in [1.807, 2.05) is 0 Å². The normalized spacial score (nSPS) is 23.9. The number of halogens is 1. The summed E-state index contributed by atoms with van der Waals surface area (Å²) in [6, 6.07) is 0. The number of sulfone groups is 1. The molecule has 0 aromatic carbocycles. The summed E-state index contributed by atoms with van der Waals surface area (Å²) in [4.78, 5) is 2.29. The Morgan fingerprint density at radius 1 is 1.35 bits per heavy atom. The molecular formula is C12H24BrNO2S. The average molecular weight is 326 g/mol. The van der Waals surface area contributed by atoms with Crippen LogP contribution in [0.5, 0.6) is 0 Å². The van der Waals surface area contributed by atoms with E-state index < -0.39 is 14.6 Å². The van der Waals surface area contributed by atoms with Gasteiger partial charge in [-0.15, -0.1) is 0 Å². The highest BCUT2D eigenvalue weighted by atomic mass is 79.9. The van der Waals surface area contributed by atoms with Crippen molar-refractivity contribution in [2.24, 2.45) is 5.92 Å². The zero-order valence-electron chi connectivity index (χ0n) is 11.1. The van der Waals surface area contributed by atoms with Crippen LogP contribution in [-0.2, 0) is 9.84 Å². The second-order valence-corrected chi connectivity index (χ2v) is 9.40. The van der Waals surface area contributed by atoms with E-state index in [4.69, 9.17) is 0 Å². The third-order valence-electron chi connectivity index (χ3n) is 3.43. The highest BCUT2D eigenvalue weighted by Gasteiger charge is 2.29. The third kappa shape index (κ3) is 4.52. The van der Waals surface area contributed by atoms with E-state index >= 15 is 0 Å². The van der Waals surface area contributed by atoms with Crippen LogP contribution in [0.25, 0.3) is 0 Å². The lowest BCUT2D eigenvalue weighted by Gasteiger charge is -2.32. The van der Waals surface area contributed by atoms with Crippen molar-refractivity contribution >= 4 is 25.8 Å². The van der Waals surface area contributed by atoms with Crippen molar-refractivity contribution in [3.05, 3.63) is 0 Å². The predicted octanol–water partition coefficient (Wildman–Crippen LogP) is 2.31. The fourth-order valence-corrected chi connectivity index (χ4v) is 3.68. The van der Waals surface area contributed by atoms with Crippen molar-refractivity contribution in [2.45, 2.75) is 38.4 Å². The Bertz CT molecular complexity index is 335. The SMILES string of the molecule is CC(C)(C)S(=O)(=O)CCN1CCCC(CBr)C1. The van der Waals surface area contributed by atoms with Crippen LogP contribution >= 0.6 is 15.9 Å². The molecule has 1 fully saturated rings. The van der Waals surface area contributed by atoms with E-state index in [9.17, 15) is 8.42 Å². The van der Waals surface area contributed by atoms with Crippen molar-refractivity contribution < 1.29 is 8.42 Å². The first-order valence-corrected chi connectivity index (χ1v) is 9.04. The fraction of sp³-hybridized carbons (Fsp3) is 1.00. The first-order valence-electron chi connectivity index (χ1n) is 6.27. The highest BCUT2D eigenvalue weighted by molar-refractivity contribution is 9.09. The van der Waals surface area contributed by atoms with Crippen LogP contribution in [0, 0.1) is 5.92 Å². The summed E-state index contributed by atoms with van der Waals surface area (Å²) in [5.41, 5.74) is 0. The minimum atomic E-state index is -2.97. The number of piperidine rings is 1. The van der Waals surface area contributed by atoms with Gasteiger partial charge in [0.1, 0.15) is 0 Å². The number of likely N-dealkylation sites (tertiary alicyclic amines) is 1. The molecule has 1 heterocycles. The van der Waals surface area contributed by atoms with E-state index in [0.717, 1.165) is 18.4 Å². The maximum Gasteiger partial charge on any atom is 0.156 e. The van der Waals surface area contributed by atoms with Crippen LogP contribution in [0.4, 0.5) is 0 Å². The topological polar surface area (TPSA) is 37.4 Å². The molecule has 0 saturated carbocycles. The molecule has 3 nitrogen and oxygen atoms in total. The smallest absolute Gasteiger partial charge is 0.156 e. The molecule has 0 spiro atoms. The largest absolute Gasteiger partial charge is 0.302 e. The number of rotatable bonds is 4. The van der Waals surface area contributed by atoms with Crippen molar-refractivity contribution in [3.63, 3.8) is 0 Å². The van der Waals surface area contributed by atoms with Gasteiger partial charge in [0.25, 0.3) is 0 Å². The van der Waals surface area contributed by atoms with Gasteiger partial charge in [0, 0.05) is 18.4 Å². The van der Waals surface area contributed by atoms with E-state index in [2.05, 4.69) is 20.8 Å². The van der Waals surface area contributed by atoms with Crippen molar-refractivity contribution in [2.75, 3.05) is 30.7 Å². The second-order valence-electron chi connectivity index (χ2n) is 5.89. The van der Waals surface area contributed by atoms with Crippen LogP contribution in [0.2, 0.25) is 0 Å². The molecule has 0 N–H and O–H groups in total. The first kappa shape index (κ1) is 15.4. The molecule has 1 unspecified atom stereocenters. The second kappa shape index (κ2) is 6.02. The summed E-state index contributed by atoms with van der Waals surface area (Å²) >= 11 is 3.52. The molecule has 1 rings (SSSR count). The molecule has 0 radical (unpaired) electrons. The summed E-state index contributed by atoms with van der Waals surface area (Å²) in [5.74, 6) is 0.965. The van der Waals surface area contributed by atoms with Gasteiger partial charge in [-0.25, -0.2) is 8.42 Å². The zero-order chi connectivity index (χ0) is 13.1. The molecule has 0 aromatic heterocycles. The lowest BCUT2D eigenvalue weighted by molar-refractivity contribution is 0.196. The van der Waals surface area contributed by atoms with Gasteiger partial charge in [-0.2, -0.15) is 0 Å². The summed E-state index contributed by atoms with van der Waals surface area (Å²) in [5, 5.41) is 1.02. The van der Waals surface area contributed by atoms with Crippen LogP contribution < -0.4 is 0 Å². The number of nitrogens with zero attached hydrogens (tertiary/aromatic N) is 1. The van der Waals surface area contributed by atoms with Gasteiger partial charge in [-0.05, 0) is 46.1 Å². The summed E-state index contributed by atoms with van der Waals surface area (Å²) in [7, 11) is -2.97. The van der Waals surface area contributed by atoms with E-state index in [1.165, 1.54) is 12.8 Å². The Morgan fingerprint density at radius 3 is 2.53 bits per heavy atom. The molecular weight excluding hydrogens is 302 g/mol. The van der Waals surface area contributed by atoms with Gasteiger partial charge < -0.3 is 4.90 Å². The predicted molar refractivity (Wildman–Crippen MR) is 76.5 cm³/mol. The van der Waals surface area contributed by atoms with Gasteiger partial charge in [-0.1, -0.05) is 15.9 Å². The van der Waals surface area contributed by atoms with Gasteiger partial charge in [0.05, 0.1) is 10.5 Å². The van der Waals surface area contributed by atoms with Crippen LogP contribution in [0.15, 0.2) is 0 Å². The quantitative estimate of drug-likeness (QED) is 0.744. The Morgan fingerprint density at radius 2 is 2.00 bits per heavy atom. The summed E-state index contributed by atoms with van der Waals surface area (Å²) < 4.78 is 23.4. The molecule has 1 aliphatic rings. The lowest BCUT2D eigenvalue weighted by Crippen LogP contribution is -2.41. The molecule has 0 aromatic rings. The van der Waals surface area contributed by atoms with Gasteiger partial charge >= 0.3 is 0 Å². The van der Waals surface area contributed by atoms with E-state index in [1.54, 1.807) is 20.8 Å². The standard InChI is InChI=1S/C12H24BrNO2S/c1-12(2,3)17(15,16)8-7-14-6-4-5-11(9-13)10-14/h11H,4-10H2,1-3H3. The summed E-state index contributed by atoms with van der Waals surface area (Å²) in [6.07, 6.45) is 2.44. The number of hydrogen-bond donors (Lipinski definition) is 0. The van der Waals surface area contributed by atoms with Gasteiger partial charge in [0.15, 0.2) is 9.84 Å². The van der Waals surface area contributed by atoms with Crippen molar-refractivity contribution in [3.8, 4) is 0 Å². The molecule has 0 bridgehead atoms. The van der Waals surface area contributed by atoms with Crippen molar-refractivity contribution in [1.29, 1.82) is 0 Å². The molecule has 5 heteroatoms. The fourth-order valence-electron chi connectivity index (χ4n) is 2.04. The van der Waals surface area contributed by atoms with Crippen molar-refractivity contribution in [1.82, 2.24) is 4.90 Å². The van der Waals surface area contributed by atoms with Crippen LogP contribution in [0.3, 0.4) is 0 Å². The maximum absolute atomic E-state index is 12.0. The van der Waals surface area contributed by atoms with Gasteiger partial charge in [-0.3, -0.25) is 0 Å². The molecule has 17 heavy (non-hydrogen) atoms. The van der Waals surface area contributed by atoms with E-state index in [-0.39, 0.29) is 5.75 Å². The molecule has 1 atom stereocenters. The molecule has 102 valence electrons. The minimum Gasteiger partial charge on any atom is -0.302 e. The Hall–Kier alpha value is 0.390. The number of alkyl halides is 1. The summed E-state index contributed by atoms with van der Waals surface area (Å²) in [6.45, 7) is 8.09. The Labute approximate surface area is 114 Å². The molecule has 1 saturated heterocycles. The third-order valence-corrected chi connectivity index (χ3v) is 6.93. The average Bonchev–Trinajstić information content (AvgIpc) is 2.25. The Balaban J connectivity index is 2.46. The zero-order valence-corrected chi connectivity index (χ0v) is 13.5. The van der Waals surface area contributed by atoms with Gasteiger partial charge in [0.2, 0.25) is 0 Å². The molecule has 1 aliphatic heterocycles. The molecule has 0 amide bonds. The first-order chi connectivity index (χ1) is 7.76. The Kier molecular flexibility index (Phi) is 5.47. The minimum absolute atomic E-state index is 0.283. The van der Waals surface area contributed by atoms with E-state index in [0.29, 0.717) is 12.5 Å². The lowest BCUT2D eigenvalue weighted by atomic mass is 10.0. The highest BCUT2D eigenvalue weighted by Crippen LogP contribution is 2.20. The number of hydrogen-bond acceptors (Lipinski definition) is 3. The van der Waals surface area contributed by atoms with Crippen LogP contribution in [0.1, 0.15) is 33.6 Å². The van der Waals surface area contributed by atoms with Crippen LogP contribution in [-0.4, -0.2) is 48.8 Å². The molecule has 0 aliphatic carbocycles. The maximum atomic E-state index is 12.0. The monoisotopic (exact) mass is 325 g/mol.